The summed E-state index contributed by atoms with van der Waals surface area (Å²) < 4.78 is 36.5. The molecule has 2 aromatic heterocycles. The molecular weight excluding hydrogens is 410 g/mol. The first-order valence-electron chi connectivity index (χ1n) is 7.72. The number of amides is 4. The molecule has 0 saturated carbocycles. The molecule has 28 heavy (non-hydrogen) atoms. The summed E-state index contributed by atoms with van der Waals surface area (Å²) in [6.07, 6.45) is 0. The van der Waals surface area contributed by atoms with E-state index in [1.807, 2.05) is 4.72 Å². The Morgan fingerprint density at radius 2 is 1.75 bits per heavy atom. The quantitative estimate of drug-likeness (QED) is 0.522. The minimum absolute atomic E-state index is 0.0242. The Morgan fingerprint density at radius 3 is 2.32 bits per heavy atom. The number of carbonyl (C=O) groups excluding carboxylic acids is 2. The number of ether oxygens (including phenoxy) is 2. The average molecular weight is 429 g/mol. The van der Waals surface area contributed by atoms with E-state index >= 15 is 0 Å². The highest BCUT2D eigenvalue weighted by Gasteiger charge is 2.20. The molecule has 0 aliphatic rings. The van der Waals surface area contributed by atoms with Crippen LogP contribution in [0.15, 0.2) is 28.5 Å². The van der Waals surface area contributed by atoms with Crippen LogP contribution in [0, 0.1) is 0 Å². The number of nitrogens with one attached hydrogen (secondary N) is 4. The van der Waals surface area contributed by atoms with Crippen molar-refractivity contribution in [3.63, 3.8) is 0 Å². The molecular formula is C15H19N5O6S2. The van der Waals surface area contributed by atoms with Gasteiger partial charge < -0.3 is 14.8 Å². The van der Waals surface area contributed by atoms with E-state index in [9.17, 15) is 18.0 Å². The van der Waals surface area contributed by atoms with Crippen LogP contribution in [0.5, 0.6) is 5.75 Å². The van der Waals surface area contributed by atoms with Crippen molar-refractivity contribution in [1.82, 2.24) is 15.0 Å². The van der Waals surface area contributed by atoms with E-state index in [4.69, 9.17) is 9.47 Å². The van der Waals surface area contributed by atoms with Gasteiger partial charge in [-0.05, 0) is 6.07 Å². The maximum atomic E-state index is 12.3. The summed E-state index contributed by atoms with van der Waals surface area (Å²) in [7, 11) is 0.239. The Balaban J connectivity index is 2.12. The maximum absolute atomic E-state index is 12.3. The van der Waals surface area contributed by atoms with Gasteiger partial charge in [-0.25, -0.2) is 27.7 Å². The van der Waals surface area contributed by atoms with Crippen molar-refractivity contribution in [3.05, 3.63) is 28.5 Å². The SMILES string of the molecule is CNC(=O)Nc1cc(OC)cc(NC(=O)NS(=O)(=O)c2csc(COC)c2)n1. The van der Waals surface area contributed by atoms with E-state index in [1.54, 1.807) is 0 Å². The predicted octanol–water partition coefficient (Wildman–Crippen LogP) is 1.56. The molecule has 0 unspecified atom stereocenters. The number of anilines is 2. The highest BCUT2D eigenvalue weighted by atomic mass is 32.2. The summed E-state index contributed by atoms with van der Waals surface area (Å²) in [5.74, 6) is 0.365. The van der Waals surface area contributed by atoms with Gasteiger partial charge in [0.05, 0.1) is 18.6 Å². The third-order valence-corrected chi connectivity index (χ3v) is 5.57. The molecule has 0 aromatic carbocycles. The lowest BCUT2D eigenvalue weighted by Gasteiger charge is -2.11. The van der Waals surface area contributed by atoms with Gasteiger partial charge in [-0.1, -0.05) is 0 Å². The zero-order valence-electron chi connectivity index (χ0n) is 15.2. The topological polar surface area (TPSA) is 148 Å². The normalized spacial score (nSPS) is 10.8. The molecule has 2 rings (SSSR count). The van der Waals surface area contributed by atoms with Gasteiger partial charge in [-0.3, -0.25) is 10.6 Å². The van der Waals surface area contributed by atoms with Gasteiger partial charge in [0.1, 0.15) is 17.4 Å². The van der Waals surface area contributed by atoms with Crippen molar-refractivity contribution in [2.75, 3.05) is 31.9 Å². The Bertz CT molecular complexity index is 960. The Labute approximate surface area is 165 Å². The summed E-state index contributed by atoms with van der Waals surface area (Å²) in [6.45, 7) is 0.265. The van der Waals surface area contributed by atoms with Crippen LogP contribution in [-0.2, 0) is 21.4 Å². The number of pyridine rings is 1. The first kappa shape index (κ1) is 21.4. The van der Waals surface area contributed by atoms with E-state index < -0.39 is 22.1 Å². The lowest BCUT2D eigenvalue weighted by atomic mass is 10.4. The van der Waals surface area contributed by atoms with E-state index in [0.717, 1.165) is 0 Å². The number of aromatic nitrogens is 1. The number of hydrogen-bond acceptors (Lipinski definition) is 8. The fraction of sp³-hybridized carbons (Fsp3) is 0.267. The van der Waals surface area contributed by atoms with Crippen LogP contribution in [0.1, 0.15) is 4.88 Å². The number of urea groups is 2. The number of hydrogen-bond donors (Lipinski definition) is 4. The maximum Gasteiger partial charge on any atom is 0.334 e. The van der Waals surface area contributed by atoms with Crippen LogP contribution in [0.25, 0.3) is 0 Å². The fourth-order valence-electron chi connectivity index (χ4n) is 1.97. The van der Waals surface area contributed by atoms with E-state index in [1.165, 1.54) is 56.2 Å². The molecule has 2 heterocycles. The second kappa shape index (κ2) is 9.34. The van der Waals surface area contributed by atoms with Crippen molar-refractivity contribution in [1.29, 1.82) is 0 Å². The molecule has 0 bridgehead atoms. The van der Waals surface area contributed by atoms with Crippen LogP contribution in [0.3, 0.4) is 0 Å². The molecule has 0 spiro atoms. The van der Waals surface area contributed by atoms with E-state index in [-0.39, 0.29) is 23.1 Å². The van der Waals surface area contributed by atoms with Crippen LogP contribution in [0.2, 0.25) is 0 Å². The summed E-state index contributed by atoms with van der Waals surface area (Å²) in [5, 5.41) is 8.48. The number of thiophene rings is 1. The largest absolute Gasteiger partial charge is 0.496 e. The molecule has 0 radical (unpaired) electrons. The number of nitrogens with zero attached hydrogens (tertiary/aromatic N) is 1. The Kier molecular flexibility index (Phi) is 7.14. The molecule has 4 N–H and O–H groups in total. The second-order valence-electron chi connectivity index (χ2n) is 5.22. The molecule has 0 aliphatic heterocycles. The van der Waals surface area contributed by atoms with Crippen molar-refractivity contribution in [2.45, 2.75) is 11.5 Å². The molecule has 0 aliphatic carbocycles. The lowest BCUT2D eigenvalue weighted by Crippen LogP contribution is -2.34. The van der Waals surface area contributed by atoms with Crippen LogP contribution in [-0.4, -0.2) is 46.7 Å². The summed E-state index contributed by atoms with van der Waals surface area (Å²) in [4.78, 5) is 28.2. The zero-order valence-corrected chi connectivity index (χ0v) is 16.9. The van der Waals surface area contributed by atoms with Crippen molar-refractivity contribution in [2.24, 2.45) is 0 Å². The van der Waals surface area contributed by atoms with Gasteiger partial charge in [0.2, 0.25) is 0 Å². The third kappa shape index (κ3) is 5.80. The van der Waals surface area contributed by atoms with Gasteiger partial charge in [0.15, 0.2) is 0 Å². The third-order valence-electron chi connectivity index (χ3n) is 3.20. The van der Waals surface area contributed by atoms with Gasteiger partial charge in [0, 0.05) is 36.5 Å². The fourth-order valence-corrected chi connectivity index (χ4v) is 4.12. The molecule has 11 nitrogen and oxygen atoms in total. The van der Waals surface area contributed by atoms with Gasteiger partial charge >= 0.3 is 12.1 Å². The molecule has 2 aromatic rings. The second-order valence-corrected chi connectivity index (χ2v) is 7.90. The number of rotatable bonds is 7. The van der Waals surface area contributed by atoms with Gasteiger partial charge in [-0.15, -0.1) is 11.3 Å². The first-order chi connectivity index (χ1) is 13.3. The van der Waals surface area contributed by atoms with Gasteiger partial charge in [-0.2, -0.15) is 0 Å². The summed E-state index contributed by atoms with van der Waals surface area (Å²) >= 11 is 1.20. The van der Waals surface area contributed by atoms with Crippen molar-refractivity contribution in [3.8, 4) is 5.75 Å². The molecule has 13 heteroatoms. The molecule has 152 valence electrons. The van der Waals surface area contributed by atoms with Crippen molar-refractivity contribution < 1.29 is 27.5 Å². The van der Waals surface area contributed by atoms with Crippen LogP contribution >= 0.6 is 11.3 Å². The molecule has 0 atom stereocenters. The van der Waals surface area contributed by atoms with E-state index in [0.29, 0.717) is 10.6 Å². The molecule has 4 amide bonds. The van der Waals surface area contributed by atoms with Crippen molar-refractivity contribution >= 4 is 45.1 Å². The van der Waals surface area contributed by atoms with Gasteiger partial charge in [0.25, 0.3) is 10.0 Å². The minimum Gasteiger partial charge on any atom is -0.496 e. The molecule has 0 saturated heterocycles. The smallest absolute Gasteiger partial charge is 0.334 e. The monoisotopic (exact) mass is 429 g/mol. The standard InChI is InChI=1S/C15H19N5O6S2/c1-16-14(21)18-12-4-9(26-3)5-13(17-12)19-15(22)20-28(23,24)11-6-10(7-25-2)27-8-11/h4-6,8H,7H2,1-3H3,(H4,16,17,18,19,20,21,22). The average Bonchev–Trinajstić information content (AvgIpc) is 3.10. The lowest BCUT2D eigenvalue weighted by molar-refractivity contribution is 0.187. The Morgan fingerprint density at radius 1 is 1.11 bits per heavy atom. The van der Waals surface area contributed by atoms with Crippen LogP contribution < -0.4 is 25.4 Å². The number of carbonyl (C=O) groups is 2. The zero-order chi connectivity index (χ0) is 20.7. The first-order valence-corrected chi connectivity index (χ1v) is 10.1. The highest BCUT2D eigenvalue weighted by molar-refractivity contribution is 7.90. The number of methoxy groups -OCH3 is 2. The summed E-state index contributed by atoms with van der Waals surface area (Å²) in [5.41, 5.74) is 0. The van der Waals surface area contributed by atoms with Crippen LogP contribution in [0.4, 0.5) is 21.2 Å². The Hall–Kier alpha value is -2.90. The predicted molar refractivity (Wildman–Crippen MR) is 103 cm³/mol. The van der Waals surface area contributed by atoms with E-state index in [2.05, 4.69) is 20.9 Å². The number of sulfonamides is 1. The minimum atomic E-state index is -4.07. The highest BCUT2D eigenvalue weighted by Crippen LogP contribution is 2.22. The summed E-state index contributed by atoms with van der Waals surface area (Å²) in [6, 6.07) is 2.66. The molecule has 0 fully saturated rings.